The summed E-state index contributed by atoms with van der Waals surface area (Å²) in [6.07, 6.45) is 5.33. The number of hydrogen-bond donors (Lipinski definition) is 0. The van der Waals surface area contributed by atoms with Gasteiger partial charge >= 0.3 is 0 Å². The molecule has 0 aliphatic carbocycles. The van der Waals surface area contributed by atoms with Gasteiger partial charge < -0.3 is 9.47 Å². The topological polar surface area (TPSA) is 25.2 Å². The monoisotopic (exact) mass is 359 g/mol. The number of piperidine rings is 1. The number of likely N-dealkylation sites (tertiary alicyclic amines) is 1. The Kier molecular flexibility index (Phi) is 5.02. The third-order valence-corrected chi connectivity index (χ3v) is 5.71. The first-order valence-corrected chi connectivity index (χ1v) is 9.88. The van der Waals surface area contributed by atoms with Gasteiger partial charge in [-0.1, -0.05) is 30.3 Å². The Morgan fingerprint density at radius 1 is 1.11 bits per heavy atom. The molecule has 0 bridgehead atoms. The minimum Gasteiger partial charge on any atom is -0.345 e. The molecule has 27 heavy (non-hydrogen) atoms. The fraction of sp³-hybridized carbons (Fsp3) is 0.333. The molecule has 1 aromatic heterocycles. The lowest BCUT2D eigenvalue weighted by Crippen LogP contribution is -2.38. The maximum atomic E-state index is 13.0. The van der Waals surface area contributed by atoms with Crippen LogP contribution in [0.15, 0.2) is 60.8 Å². The van der Waals surface area contributed by atoms with Crippen molar-refractivity contribution in [1.82, 2.24) is 9.47 Å². The molecule has 1 atom stereocenters. The van der Waals surface area contributed by atoms with Crippen LogP contribution in [0.1, 0.15) is 41.7 Å². The smallest absolute Gasteiger partial charge is 0.253 e. The van der Waals surface area contributed by atoms with Crippen LogP contribution in [0.2, 0.25) is 0 Å². The second kappa shape index (κ2) is 7.59. The fourth-order valence-electron chi connectivity index (χ4n) is 4.15. The van der Waals surface area contributed by atoms with Crippen molar-refractivity contribution in [3.05, 3.63) is 78.8 Å². The van der Waals surface area contributed by atoms with Crippen molar-refractivity contribution in [2.45, 2.75) is 32.2 Å². The molecule has 0 saturated carbocycles. The second-order valence-corrected chi connectivity index (χ2v) is 7.77. The van der Waals surface area contributed by atoms with E-state index in [1.165, 1.54) is 5.56 Å². The van der Waals surface area contributed by atoms with Gasteiger partial charge in [0.25, 0.3) is 5.91 Å². The van der Waals surface area contributed by atoms with Gasteiger partial charge in [-0.15, -0.1) is 0 Å². The summed E-state index contributed by atoms with van der Waals surface area (Å²) in [5, 5.41) is 1.11. The van der Waals surface area contributed by atoms with Crippen LogP contribution in [0.3, 0.4) is 0 Å². The molecule has 1 unspecified atom stereocenters. The summed E-state index contributed by atoms with van der Waals surface area (Å²) in [6.45, 7) is 7.86. The van der Waals surface area contributed by atoms with E-state index in [4.69, 9.17) is 0 Å². The summed E-state index contributed by atoms with van der Waals surface area (Å²) in [5.74, 6) is 0.831. The average Bonchev–Trinajstić information content (AvgIpc) is 3.12. The van der Waals surface area contributed by atoms with Crippen LogP contribution in [0.25, 0.3) is 10.9 Å². The number of carbonyl (C=O) groups excluding carboxylic acids is 1. The largest absolute Gasteiger partial charge is 0.345 e. The number of fused-ring (bicyclic) bond motifs is 1. The number of aromatic nitrogens is 1. The van der Waals surface area contributed by atoms with Crippen molar-refractivity contribution in [2.75, 3.05) is 13.1 Å². The van der Waals surface area contributed by atoms with Crippen molar-refractivity contribution in [3.63, 3.8) is 0 Å². The van der Waals surface area contributed by atoms with Gasteiger partial charge in [-0.05, 0) is 68.9 Å². The molecule has 1 fully saturated rings. The molecule has 2 aromatic carbocycles. The Labute approximate surface area is 161 Å². The normalized spacial score (nSPS) is 15.6. The number of nitrogens with zero attached hydrogens (tertiary/aromatic N) is 2. The summed E-state index contributed by atoms with van der Waals surface area (Å²) < 4.78 is 2.14. The van der Waals surface area contributed by atoms with Gasteiger partial charge in [0.05, 0.1) is 0 Å². The van der Waals surface area contributed by atoms with Crippen LogP contribution < -0.4 is 0 Å². The molecule has 0 spiro atoms. The van der Waals surface area contributed by atoms with Crippen molar-refractivity contribution >= 4 is 16.8 Å². The van der Waals surface area contributed by atoms with E-state index >= 15 is 0 Å². The Hall–Kier alpha value is -2.55. The second-order valence-electron chi connectivity index (χ2n) is 7.77. The van der Waals surface area contributed by atoms with E-state index in [2.05, 4.69) is 54.8 Å². The molecule has 2 heterocycles. The highest BCUT2D eigenvalue weighted by Crippen LogP contribution is 2.25. The predicted octanol–water partition coefficient (Wildman–Crippen LogP) is 5.13. The van der Waals surface area contributed by atoms with Gasteiger partial charge in [-0.25, -0.2) is 0 Å². The van der Waals surface area contributed by atoms with Crippen LogP contribution in [0.4, 0.5) is 0 Å². The number of carbonyl (C=O) groups is 1. The van der Waals surface area contributed by atoms with Gasteiger partial charge in [0, 0.05) is 41.8 Å². The zero-order chi connectivity index (χ0) is 18.8. The van der Waals surface area contributed by atoms with E-state index < -0.39 is 0 Å². The molecule has 1 saturated heterocycles. The molecule has 3 nitrogen and oxygen atoms in total. The minimum atomic E-state index is 0.158. The molecule has 3 heteroatoms. The predicted molar refractivity (Wildman–Crippen MR) is 111 cm³/mol. The third-order valence-electron chi connectivity index (χ3n) is 5.71. The molecule has 1 aliphatic rings. The first-order valence-electron chi connectivity index (χ1n) is 9.88. The summed E-state index contributed by atoms with van der Waals surface area (Å²) in [7, 11) is 0. The van der Waals surface area contributed by atoms with Gasteiger partial charge in [0.15, 0.2) is 0 Å². The summed E-state index contributed by atoms with van der Waals surface area (Å²) >= 11 is 0. The highest BCUT2D eigenvalue weighted by molar-refractivity contribution is 5.98. The first-order chi connectivity index (χ1) is 13.1. The molecule has 0 N–H and O–H groups in total. The van der Waals surface area contributed by atoms with E-state index in [0.29, 0.717) is 5.92 Å². The Balaban J connectivity index is 1.41. The van der Waals surface area contributed by atoms with Crippen molar-refractivity contribution in [2.24, 2.45) is 5.92 Å². The van der Waals surface area contributed by atoms with Crippen LogP contribution in [-0.4, -0.2) is 28.5 Å². The Morgan fingerprint density at radius 2 is 1.85 bits per heavy atom. The lowest BCUT2D eigenvalue weighted by Gasteiger charge is -2.32. The van der Waals surface area contributed by atoms with Gasteiger partial charge in [0.1, 0.15) is 0 Å². The average molecular weight is 359 g/mol. The number of benzene rings is 2. The number of hydrogen-bond acceptors (Lipinski definition) is 1. The van der Waals surface area contributed by atoms with Crippen LogP contribution in [-0.2, 0) is 6.42 Å². The summed E-state index contributed by atoms with van der Waals surface area (Å²) in [5.41, 5.74) is 3.32. The molecular formula is C24H27N2O. The van der Waals surface area contributed by atoms with Crippen molar-refractivity contribution in [3.8, 4) is 0 Å². The SMILES string of the molecule is [CH2]C(C)n1ccc2cc(C(=O)N3CCC(Cc4ccccc4)CC3)ccc21. The quantitative estimate of drug-likeness (QED) is 0.634. The fourth-order valence-corrected chi connectivity index (χ4v) is 4.15. The van der Waals surface area contributed by atoms with E-state index in [1.54, 1.807) is 0 Å². The molecule has 139 valence electrons. The van der Waals surface area contributed by atoms with Crippen molar-refractivity contribution in [1.29, 1.82) is 0 Å². The molecular weight excluding hydrogens is 332 g/mol. The van der Waals surface area contributed by atoms with Crippen LogP contribution in [0.5, 0.6) is 0 Å². The summed E-state index contributed by atoms with van der Waals surface area (Å²) in [6, 6.07) is 18.9. The summed E-state index contributed by atoms with van der Waals surface area (Å²) in [4.78, 5) is 15.0. The maximum absolute atomic E-state index is 13.0. The highest BCUT2D eigenvalue weighted by atomic mass is 16.2. The van der Waals surface area contributed by atoms with Gasteiger partial charge in [0.2, 0.25) is 0 Å². The van der Waals surface area contributed by atoms with E-state index in [0.717, 1.165) is 48.8 Å². The minimum absolute atomic E-state index is 0.158. The molecule has 4 rings (SSSR count). The number of amides is 1. The van der Waals surface area contributed by atoms with Crippen molar-refractivity contribution < 1.29 is 4.79 Å². The third kappa shape index (κ3) is 3.78. The molecule has 1 amide bonds. The molecule has 1 radical (unpaired) electrons. The zero-order valence-corrected chi connectivity index (χ0v) is 16.0. The van der Waals surface area contributed by atoms with E-state index in [1.807, 2.05) is 29.3 Å². The maximum Gasteiger partial charge on any atom is 0.253 e. The van der Waals surface area contributed by atoms with E-state index in [9.17, 15) is 4.79 Å². The lowest BCUT2D eigenvalue weighted by molar-refractivity contribution is 0.0690. The Bertz CT molecular complexity index is 918. The van der Waals surface area contributed by atoms with E-state index in [-0.39, 0.29) is 11.9 Å². The van der Waals surface area contributed by atoms with Crippen LogP contribution >= 0.6 is 0 Å². The lowest BCUT2D eigenvalue weighted by atomic mass is 9.90. The molecule has 3 aromatic rings. The van der Waals surface area contributed by atoms with Gasteiger partial charge in [-0.3, -0.25) is 4.79 Å². The Morgan fingerprint density at radius 3 is 2.56 bits per heavy atom. The zero-order valence-electron chi connectivity index (χ0n) is 16.0. The van der Waals surface area contributed by atoms with Crippen LogP contribution in [0, 0.1) is 12.8 Å². The van der Waals surface area contributed by atoms with Gasteiger partial charge in [-0.2, -0.15) is 0 Å². The first kappa shape index (κ1) is 17.8. The molecule has 1 aliphatic heterocycles. The standard InChI is InChI=1S/C24H27N2O/c1-18(2)26-15-12-21-17-22(8-9-23(21)26)24(27)25-13-10-20(11-14-25)16-19-6-4-3-5-7-19/h3-9,12,15,17-18,20H,1,10-11,13-14,16H2,2H3. The number of rotatable bonds is 4. The highest BCUT2D eigenvalue weighted by Gasteiger charge is 2.24.